The van der Waals surface area contributed by atoms with Gasteiger partial charge in [0.1, 0.15) is 5.82 Å². The molecule has 0 saturated heterocycles. The van der Waals surface area contributed by atoms with Crippen molar-refractivity contribution in [2.24, 2.45) is 7.05 Å². The maximum Gasteiger partial charge on any atom is 0.182 e. The van der Waals surface area contributed by atoms with Gasteiger partial charge in [0, 0.05) is 12.6 Å². The van der Waals surface area contributed by atoms with Crippen molar-refractivity contribution in [3.8, 4) is 11.4 Å². The second-order valence-corrected chi connectivity index (χ2v) is 3.49. The fraction of sp³-hybridized carbons (Fsp3) is 0.200. The normalized spacial score (nSPS) is 10.5. The molecule has 1 heterocycles. The molecule has 2 rings (SSSR count). The predicted octanol–water partition coefficient (Wildman–Crippen LogP) is 2.44. The summed E-state index contributed by atoms with van der Waals surface area (Å²) in [6.45, 7) is 1.91. The molecular weight excluding hydrogens is 198 g/mol. The van der Waals surface area contributed by atoms with Gasteiger partial charge < -0.3 is 0 Å². The van der Waals surface area contributed by atoms with Crippen molar-refractivity contribution in [3.05, 3.63) is 35.1 Å². The van der Waals surface area contributed by atoms with E-state index in [-0.39, 0.29) is 0 Å². The van der Waals surface area contributed by atoms with E-state index in [1.807, 2.05) is 38.2 Å². The van der Waals surface area contributed by atoms with Crippen LogP contribution in [0.5, 0.6) is 0 Å². The summed E-state index contributed by atoms with van der Waals surface area (Å²) >= 11 is 6.03. The lowest BCUT2D eigenvalue weighted by molar-refractivity contribution is 0.736. The highest BCUT2D eigenvalue weighted by molar-refractivity contribution is 6.33. The molecule has 0 spiro atoms. The maximum absolute atomic E-state index is 6.03. The van der Waals surface area contributed by atoms with E-state index in [1.165, 1.54) is 0 Å². The molecule has 1 aromatic heterocycles. The molecule has 3 nitrogen and oxygen atoms in total. The number of aryl methyl sites for hydroxylation is 2. The van der Waals surface area contributed by atoms with Crippen LogP contribution in [-0.2, 0) is 7.05 Å². The van der Waals surface area contributed by atoms with Gasteiger partial charge in [-0.25, -0.2) is 4.98 Å². The van der Waals surface area contributed by atoms with Gasteiger partial charge in [0.2, 0.25) is 0 Å². The Balaban J connectivity index is 2.55. The quantitative estimate of drug-likeness (QED) is 0.719. The van der Waals surface area contributed by atoms with Gasteiger partial charge in [0.15, 0.2) is 5.82 Å². The first kappa shape index (κ1) is 9.21. The van der Waals surface area contributed by atoms with E-state index in [9.17, 15) is 0 Å². The molecule has 0 amide bonds. The number of aromatic nitrogens is 3. The van der Waals surface area contributed by atoms with E-state index in [0.29, 0.717) is 10.8 Å². The molecule has 1 aromatic carbocycles. The van der Waals surface area contributed by atoms with E-state index < -0.39 is 0 Å². The Labute approximate surface area is 87.3 Å². The molecule has 0 N–H and O–H groups in total. The zero-order valence-corrected chi connectivity index (χ0v) is 8.78. The molecule has 0 aliphatic rings. The minimum atomic E-state index is 0.676. The number of benzene rings is 1. The number of rotatable bonds is 1. The van der Waals surface area contributed by atoms with E-state index in [1.54, 1.807) is 4.68 Å². The second kappa shape index (κ2) is 3.42. The minimum Gasteiger partial charge on any atom is -0.253 e. The third kappa shape index (κ3) is 1.51. The van der Waals surface area contributed by atoms with Crippen molar-refractivity contribution in [2.45, 2.75) is 6.92 Å². The summed E-state index contributed by atoms with van der Waals surface area (Å²) in [5.74, 6) is 1.55. The van der Waals surface area contributed by atoms with Crippen molar-refractivity contribution in [2.75, 3.05) is 0 Å². The molecule has 0 aliphatic carbocycles. The van der Waals surface area contributed by atoms with Gasteiger partial charge >= 0.3 is 0 Å². The number of hydrogen-bond acceptors (Lipinski definition) is 2. The van der Waals surface area contributed by atoms with Gasteiger partial charge in [-0.3, -0.25) is 4.68 Å². The molecule has 0 unspecified atom stereocenters. The Morgan fingerprint density at radius 2 is 2.00 bits per heavy atom. The largest absolute Gasteiger partial charge is 0.253 e. The van der Waals surface area contributed by atoms with Crippen LogP contribution >= 0.6 is 11.6 Å². The monoisotopic (exact) mass is 207 g/mol. The topological polar surface area (TPSA) is 30.7 Å². The summed E-state index contributed by atoms with van der Waals surface area (Å²) in [7, 11) is 1.86. The molecule has 0 radical (unpaired) electrons. The zero-order valence-electron chi connectivity index (χ0n) is 8.03. The van der Waals surface area contributed by atoms with Crippen LogP contribution in [0.2, 0.25) is 5.02 Å². The van der Waals surface area contributed by atoms with Crippen LogP contribution in [0.3, 0.4) is 0 Å². The molecule has 0 bridgehead atoms. The third-order valence-electron chi connectivity index (χ3n) is 2.10. The lowest BCUT2D eigenvalue weighted by Crippen LogP contribution is -1.92. The van der Waals surface area contributed by atoms with Crippen LogP contribution < -0.4 is 0 Å². The van der Waals surface area contributed by atoms with E-state index in [2.05, 4.69) is 10.1 Å². The fourth-order valence-electron chi connectivity index (χ4n) is 1.22. The molecular formula is C10H10ClN3. The highest BCUT2D eigenvalue weighted by Gasteiger charge is 2.08. The Morgan fingerprint density at radius 1 is 1.29 bits per heavy atom. The molecule has 0 fully saturated rings. The SMILES string of the molecule is Cc1nc(-c2ccccc2Cl)nn1C. The van der Waals surface area contributed by atoms with E-state index in [0.717, 1.165) is 11.4 Å². The highest BCUT2D eigenvalue weighted by atomic mass is 35.5. The molecule has 0 saturated carbocycles. The standard InChI is InChI=1S/C10H10ClN3/c1-7-12-10(13-14(7)2)8-5-3-4-6-9(8)11/h3-6H,1-2H3. The zero-order chi connectivity index (χ0) is 10.1. The van der Waals surface area contributed by atoms with Crippen LogP contribution in [-0.4, -0.2) is 14.8 Å². The molecule has 0 atom stereocenters. The lowest BCUT2D eigenvalue weighted by atomic mass is 10.2. The van der Waals surface area contributed by atoms with Gasteiger partial charge in [-0.2, -0.15) is 5.10 Å². The van der Waals surface area contributed by atoms with Crippen molar-refractivity contribution < 1.29 is 0 Å². The van der Waals surface area contributed by atoms with E-state index in [4.69, 9.17) is 11.6 Å². The van der Waals surface area contributed by atoms with Gasteiger partial charge in [0.05, 0.1) is 5.02 Å². The van der Waals surface area contributed by atoms with E-state index >= 15 is 0 Å². The first-order valence-corrected chi connectivity index (χ1v) is 4.69. The van der Waals surface area contributed by atoms with Crippen LogP contribution in [0.15, 0.2) is 24.3 Å². The Kier molecular flexibility index (Phi) is 2.25. The second-order valence-electron chi connectivity index (χ2n) is 3.09. The van der Waals surface area contributed by atoms with Gasteiger partial charge in [-0.1, -0.05) is 23.7 Å². The fourth-order valence-corrected chi connectivity index (χ4v) is 1.44. The van der Waals surface area contributed by atoms with Crippen LogP contribution in [0.25, 0.3) is 11.4 Å². The third-order valence-corrected chi connectivity index (χ3v) is 2.43. The maximum atomic E-state index is 6.03. The Bertz CT molecular complexity index is 443. The van der Waals surface area contributed by atoms with Crippen LogP contribution in [0.4, 0.5) is 0 Å². The summed E-state index contributed by atoms with van der Waals surface area (Å²) in [5.41, 5.74) is 0.873. The molecule has 0 aliphatic heterocycles. The lowest BCUT2D eigenvalue weighted by Gasteiger charge is -1.96. The Hall–Kier alpha value is -1.35. The smallest absolute Gasteiger partial charge is 0.182 e. The van der Waals surface area contributed by atoms with Crippen molar-refractivity contribution in [1.82, 2.24) is 14.8 Å². The summed E-state index contributed by atoms with van der Waals surface area (Å²) < 4.78 is 1.73. The van der Waals surface area contributed by atoms with Gasteiger partial charge in [0.25, 0.3) is 0 Å². The molecule has 4 heteroatoms. The average Bonchev–Trinajstić information content (AvgIpc) is 2.48. The predicted molar refractivity (Wildman–Crippen MR) is 56.2 cm³/mol. The first-order valence-electron chi connectivity index (χ1n) is 4.31. The summed E-state index contributed by atoms with van der Waals surface area (Å²) in [4.78, 5) is 4.31. The summed E-state index contributed by atoms with van der Waals surface area (Å²) in [5, 5.41) is 4.94. The number of nitrogens with zero attached hydrogens (tertiary/aromatic N) is 3. The van der Waals surface area contributed by atoms with Gasteiger partial charge in [-0.05, 0) is 19.1 Å². The van der Waals surface area contributed by atoms with Crippen molar-refractivity contribution in [3.63, 3.8) is 0 Å². The minimum absolute atomic E-state index is 0.676. The van der Waals surface area contributed by atoms with Crippen molar-refractivity contribution >= 4 is 11.6 Å². The number of hydrogen-bond donors (Lipinski definition) is 0. The number of halogens is 1. The molecule has 2 aromatic rings. The van der Waals surface area contributed by atoms with Crippen molar-refractivity contribution in [1.29, 1.82) is 0 Å². The first-order chi connectivity index (χ1) is 6.68. The highest BCUT2D eigenvalue weighted by Crippen LogP contribution is 2.24. The molecule has 14 heavy (non-hydrogen) atoms. The summed E-state index contributed by atoms with van der Waals surface area (Å²) in [6.07, 6.45) is 0. The molecule has 72 valence electrons. The van der Waals surface area contributed by atoms with Crippen LogP contribution in [0.1, 0.15) is 5.82 Å². The Morgan fingerprint density at radius 3 is 2.57 bits per heavy atom. The van der Waals surface area contributed by atoms with Gasteiger partial charge in [-0.15, -0.1) is 0 Å². The average molecular weight is 208 g/mol. The summed E-state index contributed by atoms with van der Waals surface area (Å²) in [6, 6.07) is 7.56. The van der Waals surface area contributed by atoms with Crippen LogP contribution in [0, 0.1) is 6.92 Å².